The highest BCUT2D eigenvalue weighted by molar-refractivity contribution is 7.89. The summed E-state index contributed by atoms with van der Waals surface area (Å²) in [5, 5.41) is 2.05. The van der Waals surface area contributed by atoms with E-state index in [4.69, 9.17) is 14.5 Å². The van der Waals surface area contributed by atoms with Crippen LogP contribution in [0.5, 0.6) is 5.75 Å². The van der Waals surface area contributed by atoms with Crippen LogP contribution in [0.2, 0.25) is 0 Å². The van der Waals surface area contributed by atoms with Crippen LogP contribution in [0.3, 0.4) is 0 Å². The van der Waals surface area contributed by atoms with Crippen molar-refractivity contribution in [2.24, 2.45) is 4.99 Å². The Labute approximate surface area is 205 Å². The van der Waals surface area contributed by atoms with E-state index < -0.39 is 10.0 Å². The Morgan fingerprint density at radius 3 is 2.35 bits per heavy atom. The summed E-state index contributed by atoms with van der Waals surface area (Å²) < 4.78 is 40.5. The van der Waals surface area contributed by atoms with Gasteiger partial charge in [0.05, 0.1) is 29.5 Å². The third-order valence-electron chi connectivity index (χ3n) is 5.79. The fourth-order valence-corrected chi connectivity index (χ4v) is 6.47. The second-order valence-electron chi connectivity index (χ2n) is 8.08. The van der Waals surface area contributed by atoms with Gasteiger partial charge in [0.1, 0.15) is 5.75 Å². The second-order valence-corrected chi connectivity index (χ2v) is 10.9. The van der Waals surface area contributed by atoms with Gasteiger partial charge in [-0.1, -0.05) is 18.6 Å². The molecule has 0 bridgehead atoms. The monoisotopic (exact) mass is 501 g/mol. The zero-order valence-corrected chi connectivity index (χ0v) is 21.3. The van der Waals surface area contributed by atoms with E-state index >= 15 is 0 Å². The number of sulfonamides is 1. The molecule has 0 unspecified atom stereocenters. The summed E-state index contributed by atoms with van der Waals surface area (Å²) >= 11 is 1.55. The van der Waals surface area contributed by atoms with E-state index in [1.807, 2.05) is 43.3 Å². The molecule has 1 fully saturated rings. The summed E-state index contributed by atoms with van der Waals surface area (Å²) in [7, 11) is -1.77. The Morgan fingerprint density at radius 1 is 1.00 bits per heavy atom. The summed E-state index contributed by atoms with van der Waals surface area (Å²) in [5.74, 6) is 0.820. The van der Waals surface area contributed by atoms with Crippen LogP contribution in [0, 0.1) is 0 Å². The fraction of sp³-hybridized carbons (Fsp3) is 0.400. The summed E-state index contributed by atoms with van der Waals surface area (Å²) in [6.07, 6.45) is 2.94. The van der Waals surface area contributed by atoms with Crippen molar-refractivity contribution in [1.29, 1.82) is 0 Å². The maximum absolute atomic E-state index is 13.0. The number of piperidine rings is 1. The molecule has 1 aliphatic heterocycles. The van der Waals surface area contributed by atoms with Crippen LogP contribution in [0.1, 0.15) is 26.2 Å². The van der Waals surface area contributed by atoms with Crippen LogP contribution in [0.4, 0.5) is 5.69 Å². The Morgan fingerprint density at radius 2 is 1.71 bits per heavy atom. The molecule has 0 N–H and O–H groups in total. The molecule has 1 saturated heterocycles. The number of hydrogen-bond donors (Lipinski definition) is 0. The Hall–Kier alpha value is -2.46. The van der Waals surface area contributed by atoms with E-state index in [2.05, 4.69) is 9.95 Å². The van der Waals surface area contributed by atoms with Gasteiger partial charge in [-0.05, 0) is 61.7 Å². The van der Waals surface area contributed by atoms with E-state index in [-0.39, 0.29) is 0 Å². The molecule has 0 radical (unpaired) electrons. The van der Waals surface area contributed by atoms with Gasteiger partial charge in [-0.15, -0.1) is 11.3 Å². The van der Waals surface area contributed by atoms with Crippen LogP contribution >= 0.6 is 11.3 Å². The van der Waals surface area contributed by atoms with Crippen LogP contribution in [-0.2, 0) is 21.3 Å². The minimum absolute atomic E-state index is 0.344. The molecular formula is C25H31N3O4S2. The van der Waals surface area contributed by atoms with E-state index in [9.17, 15) is 8.42 Å². The number of rotatable bonds is 9. The molecule has 2 heterocycles. The molecule has 182 valence electrons. The summed E-state index contributed by atoms with van der Waals surface area (Å²) in [6, 6.07) is 14.9. The lowest BCUT2D eigenvalue weighted by Gasteiger charge is -2.25. The van der Waals surface area contributed by atoms with Gasteiger partial charge in [-0.25, -0.2) is 13.4 Å². The van der Waals surface area contributed by atoms with Gasteiger partial charge in [0.15, 0.2) is 4.80 Å². The molecule has 0 aliphatic carbocycles. The average molecular weight is 502 g/mol. The third kappa shape index (κ3) is 5.60. The van der Waals surface area contributed by atoms with Crippen LogP contribution in [0.25, 0.3) is 11.3 Å². The highest BCUT2D eigenvalue weighted by atomic mass is 32.2. The van der Waals surface area contributed by atoms with E-state index in [0.29, 0.717) is 37.7 Å². The van der Waals surface area contributed by atoms with Crippen molar-refractivity contribution in [3.05, 3.63) is 58.7 Å². The molecule has 0 amide bonds. The van der Waals surface area contributed by atoms with Crippen molar-refractivity contribution < 1.29 is 17.9 Å². The lowest BCUT2D eigenvalue weighted by atomic mass is 10.2. The first kappa shape index (κ1) is 24.7. The van der Waals surface area contributed by atoms with Crippen molar-refractivity contribution in [3.63, 3.8) is 0 Å². The Bertz CT molecular complexity index is 1240. The maximum Gasteiger partial charge on any atom is 0.243 e. The van der Waals surface area contributed by atoms with Crippen LogP contribution in [-0.4, -0.2) is 50.7 Å². The molecule has 1 aromatic heterocycles. The lowest BCUT2D eigenvalue weighted by molar-refractivity contribution is 0.187. The molecule has 0 atom stereocenters. The van der Waals surface area contributed by atoms with Crippen LogP contribution < -0.4 is 9.54 Å². The number of aromatic nitrogens is 1. The first-order chi connectivity index (χ1) is 16.5. The first-order valence-electron chi connectivity index (χ1n) is 11.6. The Kier molecular flexibility index (Phi) is 8.20. The molecule has 9 heteroatoms. The van der Waals surface area contributed by atoms with Gasteiger partial charge < -0.3 is 14.0 Å². The molecule has 3 aromatic rings. The molecule has 2 aromatic carbocycles. The number of benzene rings is 2. The van der Waals surface area contributed by atoms with Crippen molar-refractivity contribution in [3.8, 4) is 17.0 Å². The number of nitrogens with zero attached hydrogens (tertiary/aromatic N) is 3. The van der Waals surface area contributed by atoms with E-state index in [1.165, 1.54) is 0 Å². The smallest absolute Gasteiger partial charge is 0.243 e. The second kappa shape index (κ2) is 11.3. The van der Waals surface area contributed by atoms with Crippen LogP contribution in [0.15, 0.2) is 63.8 Å². The molecule has 0 saturated carbocycles. The average Bonchev–Trinajstić information content (AvgIpc) is 3.26. The van der Waals surface area contributed by atoms with Gasteiger partial charge in [0.25, 0.3) is 0 Å². The Balaban J connectivity index is 1.64. The van der Waals surface area contributed by atoms with Gasteiger partial charge >= 0.3 is 0 Å². The highest BCUT2D eigenvalue weighted by Crippen LogP contribution is 2.26. The SMILES string of the molecule is CCOc1ccc(N=c2scc(-c3ccc(S(=O)(=O)N4CCCCC4)cc3)n2CCOC)cc1. The topological polar surface area (TPSA) is 73.1 Å². The largest absolute Gasteiger partial charge is 0.494 e. The number of ether oxygens (including phenoxy) is 2. The van der Waals surface area contributed by atoms with Gasteiger partial charge in [-0.2, -0.15) is 4.31 Å². The minimum atomic E-state index is -3.45. The van der Waals surface area contributed by atoms with Gasteiger partial charge in [0.2, 0.25) is 10.0 Å². The predicted molar refractivity (Wildman–Crippen MR) is 135 cm³/mol. The zero-order valence-electron chi connectivity index (χ0n) is 19.6. The molecule has 4 rings (SSSR count). The van der Waals surface area contributed by atoms with Crippen molar-refractivity contribution in [2.75, 3.05) is 33.4 Å². The summed E-state index contributed by atoms with van der Waals surface area (Å²) in [5.41, 5.74) is 2.76. The van der Waals surface area contributed by atoms with Gasteiger partial charge in [0, 0.05) is 32.1 Å². The fourth-order valence-electron chi connectivity index (χ4n) is 3.99. The zero-order chi connectivity index (χ0) is 24.0. The number of methoxy groups -OCH3 is 1. The van der Waals surface area contributed by atoms with E-state index in [1.54, 1.807) is 34.9 Å². The van der Waals surface area contributed by atoms with Crippen molar-refractivity contribution >= 4 is 27.0 Å². The molecule has 7 nitrogen and oxygen atoms in total. The number of thiazole rings is 1. The highest BCUT2D eigenvalue weighted by Gasteiger charge is 2.25. The van der Waals surface area contributed by atoms with E-state index in [0.717, 1.165) is 46.8 Å². The molecule has 1 aliphatic rings. The van der Waals surface area contributed by atoms with Gasteiger partial charge in [-0.3, -0.25) is 0 Å². The summed E-state index contributed by atoms with van der Waals surface area (Å²) in [6.45, 7) is 4.96. The molecule has 34 heavy (non-hydrogen) atoms. The standard InChI is InChI=1S/C25H31N3O4S2/c1-3-32-22-11-9-21(10-12-22)26-25-28(17-18-31-2)24(19-33-25)20-7-13-23(14-8-20)34(29,30)27-15-5-4-6-16-27/h7-14,19H,3-6,15-18H2,1-2H3. The lowest BCUT2D eigenvalue weighted by Crippen LogP contribution is -2.35. The van der Waals surface area contributed by atoms with Crippen molar-refractivity contribution in [1.82, 2.24) is 8.87 Å². The maximum atomic E-state index is 13.0. The quantitative estimate of drug-likeness (QED) is 0.427. The first-order valence-corrected chi connectivity index (χ1v) is 13.9. The predicted octanol–water partition coefficient (Wildman–Crippen LogP) is 4.67. The molecule has 0 spiro atoms. The summed E-state index contributed by atoms with van der Waals surface area (Å²) in [4.78, 5) is 6.02. The normalized spacial score (nSPS) is 15.5. The third-order valence-corrected chi connectivity index (χ3v) is 8.57. The number of hydrogen-bond acceptors (Lipinski definition) is 6. The molecular weight excluding hydrogens is 470 g/mol. The minimum Gasteiger partial charge on any atom is -0.494 e. The van der Waals surface area contributed by atoms with Crippen molar-refractivity contribution in [2.45, 2.75) is 37.6 Å².